The summed E-state index contributed by atoms with van der Waals surface area (Å²) >= 11 is 0. The van der Waals surface area contributed by atoms with Crippen molar-refractivity contribution in [2.45, 2.75) is 13.3 Å². The first kappa shape index (κ1) is 12.1. The van der Waals surface area contributed by atoms with E-state index < -0.39 is 6.09 Å². The first-order valence-corrected chi connectivity index (χ1v) is 5.00. The van der Waals surface area contributed by atoms with Gasteiger partial charge in [0.25, 0.3) is 0 Å². The van der Waals surface area contributed by atoms with Crippen LogP contribution < -0.4 is 4.74 Å². The molecule has 4 heteroatoms. The monoisotopic (exact) mass is 218 g/mol. The molecule has 4 nitrogen and oxygen atoms in total. The van der Waals surface area contributed by atoms with Crippen molar-refractivity contribution < 1.29 is 9.53 Å². The van der Waals surface area contributed by atoms with Crippen molar-refractivity contribution in [3.05, 3.63) is 29.8 Å². The van der Waals surface area contributed by atoms with Crippen molar-refractivity contribution in [2.75, 3.05) is 13.6 Å². The van der Waals surface area contributed by atoms with Gasteiger partial charge in [-0.05, 0) is 24.6 Å². The van der Waals surface area contributed by atoms with Gasteiger partial charge in [0.2, 0.25) is 0 Å². The molecule has 16 heavy (non-hydrogen) atoms. The molecular weight excluding hydrogens is 204 g/mol. The van der Waals surface area contributed by atoms with Gasteiger partial charge in [0.15, 0.2) is 0 Å². The zero-order valence-corrected chi connectivity index (χ0v) is 9.43. The average molecular weight is 218 g/mol. The number of amides is 1. The van der Waals surface area contributed by atoms with E-state index in [2.05, 4.69) is 0 Å². The van der Waals surface area contributed by atoms with Gasteiger partial charge < -0.3 is 9.64 Å². The fraction of sp³-hybridized carbons (Fsp3) is 0.333. The van der Waals surface area contributed by atoms with Gasteiger partial charge in [-0.1, -0.05) is 12.1 Å². The molecule has 0 spiro atoms. The maximum Gasteiger partial charge on any atom is 0.414 e. The Morgan fingerprint density at radius 2 is 2.31 bits per heavy atom. The summed E-state index contributed by atoms with van der Waals surface area (Å²) in [5.41, 5.74) is 1.03. The van der Waals surface area contributed by atoms with Gasteiger partial charge in [0, 0.05) is 13.6 Å². The molecule has 1 aromatic carbocycles. The highest BCUT2D eigenvalue weighted by atomic mass is 16.6. The Bertz CT molecular complexity index is 410. The lowest BCUT2D eigenvalue weighted by atomic mass is 10.2. The second-order valence-corrected chi connectivity index (χ2v) is 3.51. The van der Waals surface area contributed by atoms with Gasteiger partial charge >= 0.3 is 6.09 Å². The number of hydrogen-bond donors (Lipinski definition) is 0. The largest absolute Gasteiger partial charge is 0.414 e. The molecule has 0 saturated carbocycles. The number of carbonyl (C=O) groups excluding carboxylic acids is 1. The van der Waals surface area contributed by atoms with Gasteiger partial charge in [-0.25, -0.2) is 4.79 Å². The van der Waals surface area contributed by atoms with Crippen molar-refractivity contribution >= 4 is 6.09 Å². The molecule has 1 aromatic rings. The van der Waals surface area contributed by atoms with Crippen molar-refractivity contribution in [3.63, 3.8) is 0 Å². The molecule has 0 heterocycles. The second kappa shape index (κ2) is 5.76. The Balaban J connectivity index is 2.54. The van der Waals surface area contributed by atoms with Crippen LogP contribution in [0.3, 0.4) is 0 Å². The van der Waals surface area contributed by atoms with E-state index in [4.69, 9.17) is 10.00 Å². The Kier molecular flexibility index (Phi) is 4.34. The van der Waals surface area contributed by atoms with Gasteiger partial charge in [0.1, 0.15) is 5.75 Å². The lowest BCUT2D eigenvalue weighted by molar-refractivity contribution is 0.164. The van der Waals surface area contributed by atoms with E-state index in [-0.39, 0.29) is 0 Å². The molecule has 0 radical (unpaired) electrons. The van der Waals surface area contributed by atoms with E-state index in [0.717, 1.165) is 5.56 Å². The van der Waals surface area contributed by atoms with Crippen molar-refractivity contribution in [1.82, 2.24) is 4.90 Å². The summed E-state index contributed by atoms with van der Waals surface area (Å²) in [7, 11) is 1.61. The van der Waals surface area contributed by atoms with E-state index >= 15 is 0 Å². The molecular formula is C12H14N2O2. The maximum atomic E-state index is 11.5. The fourth-order valence-corrected chi connectivity index (χ4v) is 1.17. The van der Waals surface area contributed by atoms with Crippen LogP contribution >= 0.6 is 0 Å². The molecule has 0 fully saturated rings. The number of carbonyl (C=O) groups is 1. The number of nitriles is 1. The molecule has 1 amide bonds. The zero-order chi connectivity index (χ0) is 12.0. The van der Waals surface area contributed by atoms with E-state index in [0.29, 0.717) is 18.7 Å². The molecule has 1 rings (SSSR count). The Hall–Kier alpha value is -2.02. The summed E-state index contributed by atoms with van der Waals surface area (Å²) in [6, 6.07) is 9.24. The summed E-state index contributed by atoms with van der Waals surface area (Å²) < 4.78 is 5.13. The number of hydrogen-bond acceptors (Lipinski definition) is 3. The minimum atomic E-state index is -0.444. The molecule has 0 aliphatic carbocycles. The third-order valence-corrected chi connectivity index (χ3v) is 2.07. The number of nitrogens with zero attached hydrogens (tertiary/aromatic N) is 2. The average Bonchev–Trinajstić information content (AvgIpc) is 2.25. The zero-order valence-electron chi connectivity index (χ0n) is 9.43. The van der Waals surface area contributed by atoms with Crippen LogP contribution in [0.4, 0.5) is 4.79 Å². The molecule has 0 aliphatic heterocycles. The molecule has 0 aliphatic rings. The number of ether oxygens (including phenoxy) is 1. The van der Waals surface area contributed by atoms with Gasteiger partial charge in [-0.15, -0.1) is 0 Å². The van der Waals surface area contributed by atoms with Crippen LogP contribution in [0.5, 0.6) is 5.75 Å². The Morgan fingerprint density at radius 3 is 2.94 bits per heavy atom. The fourth-order valence-electron chi connectivity index (χ4n) is 1.17. The molecule has 0 atom stereocenters. The highest BCUT2D eigenvalue weighted by Crippen LogP contribution is 2.13. The van der Waals surface area contributed by atoms with E-state index in [1.807, 2.05) is 25.1 Å². The molecule has 84 valence electrons. The topological polar surface area (TPSA) is 53.3 Å². The van der Waals surface area contributed by atoms with Crippen LogP contribution in [-0.4, -0.2) is 24.6 Å². The van der Waals surface area contributed by atoms with Crippen LogP contribution in [-0.2, 0) is 0 Å². The first-order chi connectivity index (χ1) is 7.63. The van der Waals surface area contributed by atoms with Gasteiger partial charge in [0.05, 0.1) is 12.5 Å². The van der Waals surface area contributed by atoms with Crippen molar-refractivity contribution in [1.29, 1.82) is 5.26 Å². The predicted octanol–water partition coefficient (Wildman–Crippen LogP) is 2.34. The summed E-state index contributed by atoms with van der Waals surface area (Å²) in [5.74, 6) is 0.522. The molecule has 0 saturated heterocycles. The Morgan fingerprint density at radius 1 is 1.56 bits per heavy atom. The lowest BCUT2D eigenvalue weighted by Crippen LogP contribution is -2.30. The number of aryl methyl sites for hydroxylation is 1. The van der Waals surface area contributed by atoms with Crippen LogP contribution in [0.15, 0.2) is 24.3 Å². The summed E-state index contributed by atoms with van der Waals surface area (Å²) in [4.78, 5) is 12.9. The highest BCUT2D eigenvalue weighted by molar-refractivity contribution is 5.70. The molecule has 0 N–H and O–H groups in total. The quantitative estimate of drug-likeness (QED) is 0.782. The van der Waals surface area contributed by atoms with Crippen LogP contribution in [0.25, 0.3) is 0 Å². The van der Waals surface area contributed by atoms with Crippen LogP contribution in [0.1, 0.15) is 12.0 Å². The number of benzene rings is 1. The minimum absolute atomic E-state index is 0.305. The maximum absolute atomic E-state index is 11.5. The van der Waals surface area contributed by atoms with Gasteiger partial charge in [-0.3, -0.25) is 0 Å². The van der Waals surface area contributed by atoms with Crippen LogP contribution in [0, 0.1) is 18.3 Å². The third kappa shape index (κ3) is 3.62. The summed E-state index contributed by atoms with van der Waals surface area (Å²) in [6.45, 7) is 2.30. The van der Waals surface area contributed by atoms with E-state index in [1.165, 1.54) is 4.90 Å². The SMILES string of the molecule is Cc1cccc(OC(=O)N(C)CCC#N)c1. The third-order valence-electron chi connectivity index (χ3n) is 2.07. The van der Waals surface area contributed by atoms with E-state index in [1.54, 1.807) is 19.2 Å². The normalized spacial score (nSPS) is 9.31. The van der Waals surface area contributed by atoms with Crippen molar-refractivity contribution in [2.24, 2.45) is 0 Å². The molecule has 0 bridgehead atoms. The van der Waals surface area contributed by atoms with Gasteiger partial charge in [-0.2, -0.15) is 5.26 Å². The highest BCUT2D eigenvalue weighted by Gasteiger charge is 2.10. The smallest absolute Gasteiger partial charge is 0.410 e. The molecule has 0 unspecified atom stereocenters. The minimum Gasteiger partial charge on any atom is -0.410 e. The Labute approximate surface area is 95.0 Å². The lowest BCUT2D eigenvalue weighted by Gasteiger charge is -2.15. The van der Waals surface area contributed by atoms with E-state index in [9.17, 15) is 4.79 Å². The van der Waals surface area contributed by atoms with Crippen molar-refractivity contribution in [3.8, 4) is 11.8 Å². The summed E-state index contributed by atoms with van der Waals surface area (Å²) in [5, 5.41) is 8.39. The predicted molar refractivity (Wildman–Crippen MR) is 60.1 cm³/mol. The van der Waals surface area contributed by atoms with Crippen LogP contribution in [0.2, 0.25) is 0 Å². The second-order valence-electron chi connectivity index (χ2n) is 3.51. The summed E-state index contributed by atoms with van der Waals surface area (Å²) in [6.07, 6.45) is -0.139. The molecule has 0 aromatic heterocycles. The first-order valence-electron chi connectivity index (χ1n) is 5.00. The number of rotatable bonds is 3. The standard InChI is InChI=1S/C12H14N2O2/c1-10-5-3-6-11(9-10)16-12(15)14(2)8-4-7-13/h3,5-6,9H,4,8H2,1-2H3.